The van der Waals surface area contributed by atoms with E-state index < -0.39 is 4.92 Å². The second-order valence-electron chi connectivity index (χ2n) is 5.33. The van der Waals surface area contributed by atoms with Crippen molar-refractivity contribution in [1.82, 2.24) is 4.98 Å². The van der Waals surface area contributed by atoms with E-state index in [0.717, 1.165) is 12.8 Å². The van der Waals surface area contributed by atoms with Gasteiger partial charge < -0.3 is 5.32 Å². The molecular formula is C13H16N4O2. The van der Waals surface area contributed by atoms with Crippen LogP contribution in [0.15, 0.2) is 12.3 Å². The number of hydrogen-bond donors (Lipinski definition) is 1. The summed E-state index contributed by atoms with van der Waals surface area (Å²) >= 11 is 0. The first kappa shape index (κ1) is 13.3. The SMILES string of the molecule is CC(C)C1(CNc2ncc(C#N)cc2[N+](=O)[O-])CC1. The maximum Gasteiger partial charge on any atom is 0.312 e. The average molecular weight is 260 g/mol. The minimum Gasteiger partial charge on any atom is -0.364 e. The van der Waals surface area contributed by atoms with Crippen molar-refractivity contribution in [2.45, 2.75) is 26.7 Å². The van der Waals surface area contributed by atoms with Gasteiger partial charge >= 0.3 is 5.69 Å². The summed E-state index contributed by atoms with van der Waals surface area (Å²) in [5, 5.41) is 22.8. The molecule has 1 heterocycles. The van der Waals surface area contributed by atoms with Crippen LogP contribution in [0.1, 0.15) is 32.3 Å². The van der Waals surface area contributed by atoms with Crippen LogP contribution >= 0.6 is 0 Å². The van der Waals surface area contributed by atoms with E-state index in [9.17, 15) is 10.1 Å². The van der Waals surface area contributed by atoms with Crippen molar-refractivity contribution in [2.75, 3.05) is 11.9 Å². The van der Waals surface area contributed by atoms with E-state index in [1.54, 1.807) is 0 Å². The molecule has 1 aromatic rings. The Balaban J connectivity index is 2.17. The van der Waals surface area contributed by atoms with Crippen LogP contribution in [-0.4, -0.2) is 16.5 Å². The van der Waals surface area contributed by atoms with Gasteiger partial charge in [-0.05, 0) is 24.2 Å². The molecule has 100 valence electrons. The quantitative estimate of drug-likeness (QED) is 0.649. The molecule has 19 heavy (non-hydrogen) atoms. The van der Waals surface area contributed by atoms with Gasteiger partial charge in [0, 0.05) is 18.8 Å². The van der Waals surface area contributed by atoms with Gasteiger partial charge in [-0.1, -0.05) is 13.8 Å². The van der Waals surface area contributed by atoms with Crippen LogP contribution in [0.3, 0.4) is 0 Å². The lowest BCUT2D eigenvalue weighted by Crippen LogP contribution is -2.21. The molecular weight excluding hydrogens is 244 g/mol. The smallest absolute Gasteiger partial charge is 0.312 e. The van der Waals surface area contributed by atoms with Crippen molar-refractivity contribution >= 4 is 11.5 Å². The molecule has 1 aromatic heterocycles. The van der Waals surface area contributed by atoms with Crippen LogP contribution < -0.4 is 5.32 Å². The molecule has 1 fully saturated rings. The lowest BCUT2D eigenvalue weighted by atomic mass is 9.92. The molecule has 0 aliphatic heterocycles. The lowest BCUT2D eigenvalue weighted by molar-refractivity contribution is -0.384. The Bertz CT molecular complexity index is 544. The van der Waals surface area contributed by atoms with Crippen LogP contribution in [0.5, 0.6) is 0 Å². The van der Waals surface area contributed by atoms with Gasteiger partial charge in [-0.25, -0.2) is 4.98 Å². The van der Waals surface area contributed by atoms with Crippen molar-refractivity contribution in [3.05, 3.63) is 27.9 Å². The highest BCUT2D eigenvalue weighted by molar-refractivity contribution is 5.58. The first-order valence-electron chi connectivity index (χ1n) is 6.27. The normalized spacial score (nSPS) is 15.9. The Kier molecular flexibility index (Phi) is 3.38. The third kappa shape index (κ3) is 2.65. The molecule has 0 aromatic carbocycles. The summed E-state index contributed by atoms with van der Waals surface area (Å²) in [6, 6.07) is 3.11. The number of rotatable bonds is 5. The van der Waals surface area contributed by atoms with Gasteiger partial charge in [-0.2, -0.15) is 5.26 Å². The molecule has 0 spiro atoms. The van der Waals surface area contributed by atoms with Gasteiger partial charge in [0.15, 0.2) is 0 Å². The Morgan fingerprint density at radius 2 is 2.32 bits per heavy atom. The number of nitro groups is 1. The predicted octanol–water partition coefficient (Wildman–Crippen LogP) is 2.71. The van der Waals surface area contributed by atoms with Crippen LogP contribution in [0, 0.1) is 32.8 Å². The molecule has 1 saturated carbocycles. The van der Waals surface area contributed by atoms with Gasteiger partial charge in [0.1, 0.15) is 6.07 Å². The zero-order valence-electron chi connectivity index (χ0n) is 11.0. The number of hydrogen-bond acceptors (Lipinski definition) is 5. The number of aromatic nitrogens is 1. The Labute approximate surface area is 111 Å². The number of nitrogens with zero attached hydrogens (tertiary/aromatic N) is 3. The van der Waals surface area contributed by atoms with E-state index >= 15 is 0 Å². The average Bonchev–Trinajstić information content (AvgIpc) is 3.17. The van der Waals surface area contributed by atoms with Gasteiger partial charge in [-0.15, -0.1) is 0 Å². The Morgan fingerprint density at radius 1 is 1.63 bits per heavy atom. The van der Waals surface area contributed by atoms with Gasteiger partial charge in [0.25, 0.3) is 0 Å². The summed E-state index contributed by atoms with van der Waals surface area (Å²) in [5.74, 6) is 0.786. The Hall–Kier alpha value is -2.16. The molecule has 0 atom stereocenters. The molecule has 0 saturated heterocycles. The second-order valence-corrected chi connectivity index (χ2v) is 5.33. The highest BCUT2D eigenvalue weighted by Crippen LogP contribution is 2.51. The van der Waals surface area contributed by atoms with Crippen molar-refractivity contribution in [3.8, 4) is 6.07 Å². The van der Waals surface area contributed by atoms with Crippen molar-refractivity contribution in [2.24, 2.45) is 11.3 Å². The standard InChI is InChI=1S/C13H16N4O2/c1-9(2)13(3-4-13)8-16-12-11(17(18)19)5-10(6-14)7-15-12/h5,7,9H,3-4,8H2,1-2H3,(H,15,16). The molecule has 6 heteroatoms. The summed E-state index contributed by atoms with van der Waals surface area (Å²) < 4.78 is 0. The topological polar surface area (TPSA) is 91.8 Å². The highest BCUT2D eigenvalue weighted by Gasteiger charge is 2.45. The van der Waals surface area contributed by atoms with Gasteiger partial charge in [-0.3, -0.25) is 10.1 Å². The monoisotopic (exact) mass is 260 g/mol. The van der Waals surface area contributed by atoms with E-state index in [1.165, 1.54) is 12.3 Å². The maximum absolute atomic E-state index is 11.0. The van der Waals surface area contributed by atoms with E-state index in [2.05, 4.69) is 24.1 Å². The number of nitrogens with one attached hydrogen (secondary N) is 1. The van der Waals surface area contributed by atoms with Crippen molar-refractivity contribution in [3.63, 3.8) is 0 Å². The van der Waals surface area contributed by atoms with E-state index in [-0.39, 0.29) is 22.5 Å². The first-order valence-corrected chi connectivity index (χ1v) is 6.27. The van der Waals surface area contributed by atoms with E-state index in [0.29, 0.717) is 12.5 Å². The van der Waals surface area contributed by atoms with Crippen molar-refractivity contribution in [1.29, 1.82) is 5.26 Å². The van der Waals surface area contributed by atoms with Gasteiger partial charge in [0.2, 0.25) is 5.82 Å². The minimum absolute atomic E-state index is 0.140. The molecule has 0 amide bonds. The fraction of sp³-hybridized carbons (Fsp3) is 0.538. The van der Waals surface area contributed by atoms with Crippen LogP contribution in [0.4, 0.5) is 11.5 Å². The lowest BCUT2D eigenvalue weighted by Gasteiger charge is -2.20. The van der Waals surface area contributed by atoms with Crippen molar-refractivity contribution < 1.29 is 4.92 Å². The summed E-state index contributed by atoms with van der Waals surface area (Å²) in [7, 11) is 0. The zero-order chi connectivity index (χ0) is 14.0. The molecule has 0 unspecified atom stereocenters. The fourth-order valence-electron chi connectivity index (χ4n) is 2.17. The Morgan fingerprint density at radius 3 is 2.79 bits per heavy atom. The summed E-state index contributed by atoms with van der Waals surface area (Å²) in [4.78, 5) is 14.5. The largest absolute Gasteiger partial charge is 0.364 e. The molecule has 2 rings (SSSR count). The summed E-state index contributed by atoms with van der Waals surface area (Å²) in [5.41, 5.74) is 0.296. The zero-order valence-corrected chi connectivity index (χ0v) is 11.0. The predicted molar refractivity (Wildman–Crippen MR) is 70.6 cm³/mol. The second kappa shape index (κ2) is 4.84. The first-order chi connectivity index (χ1) is 8.98. The number of pyridine rings is 1. The van der Waals surface area contributed by atoms with Crippen LogP contribution in [-0.2, 0) is 0 Å². The molecule has 6 nitrogen and oxygen atoms in total. The van der Waals surface area contributed by atoms with Crippen LogP contribution in [0.25, 0.3) is 0 Å². The summed E-state index contributed by atoms with van der Waals surface area (Å²) in [6.45, 7) is 5.01. The molecule has 1 aliphatic carbocycles. The van der Waals surface area contributed by atoms with Crippen LogP contribution in [0.2, 0.25) is 0 Å². The minimum atomic E-state index is -0.509. The molecule has 0 bridgehead atoms. The van der Waals surface area contributed by atoms with E-state index in [4.69, 9.17) is 5.26 Å². The molecule has 1 aliphatic rings. The number of nitriles is 1. The highest BCUT2D eigenvalue weighted by atomic mass is 16.6. The van der Waals surface area contributed by atoms with Gasteiger partial charge in [0.05, 0.1) is 10.5 Å². The third-order valence-corrected chi connectivity index (χ3v) is 3.92. The fourth-order valence-corrected chi connectivity index (χ4v) is 2.17. The molecule has 1 N–H and O–H groups in total. The summed E-state index contributed by atoms with van der Waals surface area (Å²) in [6.07, 6.45) is 3.63. The third-order valence-electron chi connectivity index (χ3n) is 3.92. The number of anilines is 1. The molecule has 0 radical (unpaired) electrons. The van der Waals surface area contributed by atoms with E-state index in [1.807, 2.05) is 6.07 Å². The maximum atomic E-state index is 11.0.